The molecule has 8 rings (SSSR count). The summed E-state index contributed by atoms with van der Waals surface area (Å²) >= 11 is 0. The largest absolute Gasteiger partial charge is 0.309 e. The number of nitrogens with zero attached hydrogens (tertiary/aromatic N) is 5. The third kappa shape index (κ3) is 5.09. The fourth-order valence-electron chi connectivity index (χ4n) is 6.30. The first-order valence-corrected chi connectivity index (χ1v) is 15.2. The van der Waals surface area contributed by atoms with Crippen molar-refractivity contribution in [2.45, 2.75) is 0 Å². The van der Waals surface area contributed by atoms with Crippen LogP contribution in [0.25, 0.3) is 76.8 Å². The third-order valence-corrected chi connectivity index (χ3v) is 8.56. The maximum Gasteiger partial charge on any atom is 0.205 e. The molecule has 0 aliphatic rings. The molecule has 0 saturated carbocycles. The second kappa shape index (κ2) is 11.6. The summed E-state index contributed by atoms with van der Waals surface area (Å²) in [6.07, 6.45) is 6.77. The molecule has 0 aliphatic heterocycles. The van der Waals surface area contributed by atoms with Gasteiger partial charge in [0, 0.05) is 46.8 Å². The average molecular weight is 600 g/mol. The lowest BCUT2D eigenvalue weighted by Gasteiger charge is -2.11. The molecule has 0 fully saturated rings. The summed E-state index contributed by atoms with van der Waals surface area (Å²) in [6.45, 7) is 7.38. The molecule has 0 atom stereocenters. The maximum atomic E-state index is 9.38. The second-order valence-corrected chi connectivity index (χ2v) is 11.4. The highest BCUT2D eigenvalue weighted by atomic mass is 15.0. The van der Waals surface area contributed by atoms with Gasteiger partial charge in [-0.3, -0.25) is 9.97 Å². The predicted molar refractivity (Wildman–Crippen MR) is 189 cm³/mol. The second-order valence-electron chi connectivity index (χ2n) is 11.4. The summed E-state index contributed by atoms with van der Waals surface area (Å²) in [4.78, 5) is 12.1. The lowest BCUT2D eigenvalue weighted by atomic mass is 9.98. The van der Waals surface area contributed by atoms with E-state index in [0.29, 0.717) is 11.3 Å². The zero-order valence-corrected chi connectivity index (χ0v) is 25.2. The molecular formula is C42H25N5. The van der Waals surface area contributed by atoms with Gasteiger partial charge in [-0.2, -0.15) is 5.26 Å². The molecule has 0 bridgehead atoms. The van der Waals surface area contributed by atoms with Crippen molar-refractivity contribution < 1.29 is 0 Å². The Bertz CT molecular complexity index is 2390. The normalized spacial score (nSPS) is 10.9. The number of aromatic nitrogens is 3. The van der Waals surface area contributed by atoms with Crippen molar-refractivity contribution >= 4 is 27.5 Å². The van der Waals surface area contributed by atoms with Crippen LogP contribution in [0.1, 0.15) is 5.56 Å². The molecule has 5 nitrogen and oxygen atoms in total. The summed E-state index contributed by atoms with van der Waals surface area (Å²) in [5, 5.41) is 11.7. The van der Waals surface area contributed by atoms with Crippen molar-refractivity contribution in [3.8, 4) is 56.3 Å². The first-order valence-electron chi connectivity index (χ1n) is 15.2. The highest BCUT2D eigenvalue weighted by Crippen LogP contribution is 2.38. The Hall–Kier alpha value is -6.82. The van der Waals surface area contributed by atoms with Crippen molar-refractivity contribution in [1.29, 1.82) is 5.26 Å². The fraction of sp³-hybridized carbons (Fsp3) is 0. The van der Waals surface area contributed by atoms with E-state index in [4.69, 9.17) is 6.57 Å². The Balaban J connectivity index is 1.28. The average Bonchev–Trinajstić information content (AvgIpc) is 3.48. The van der Waals surface area contributed by atoms with Crippen LogP contribution in [-0.4, -0.2) is 14.5 Å². The molecule has 8 aromatic rings. The zero-order chi connectivity index (χ0) is 31.7. The molecule has 47 heavy (non-hydrogen) atoms. The van der Waals surface area contributed by atoms with E-state index in [-0.39, 0.29) is 0 Å². The van der Waals surface area contributed by atoms with Gasteiger partial charge in [0.05, 0.1) is 23.2 Å². The van der Waals surface area contributed by atoms with E-state index >= 15 is 0 Å². The molecule has 0 aliphatic carbocycles. The van der Waals surface area contributed by atoms with Gasteiger partial charge in [0.1, 0.15) is 6.07 Å². The van der Waals surface area contributed by atoms with Crippen LogP contribution in [0.2, 0.25) is 0 Å². The Labute approximate surface area is 272 Å². The van der Waals surface area contributed by atoms with Gasteiger partial charge in [-0.05, 0) is 87.5 Å². The maximum absolute atomic E-state index is 9.38. The van der Waals surface area contributed by atoms with Gasteiger partial charge in [0.15, 0.2) is 0 Å². The van der Waals surface area contributed by atoms with E-state index < -0.39 is 0 Å². The number of pyridine rings is 2. The third-order valence-electron chi connectivity index (χ3n) is 8.56. The first kappa shape index (κ1) is 27.7. The van der Waals surface area contributed by atoms with Crippen LogP contribution in [0.5, 0.6) is 0 Å². The minimum atomic E-state index is 0.526. The Morgan fingerprint density at radius 1 is 0.511 bits per heavy atom. The topological polar surface area (TPSA) is 58.9 Å². The molecule has 5 heteroatoms. The molecule has 5 aromatic carbocycles. The summed E-state index contributed by atoms with van der Waals surface area (Å²) < 4.78 is 2.34. The quantitative estimate of drug-likeness (QED) is 0.185. The SMILES string of the molecule is [C-]#[N+]c1cncc(-c2cccc(-c3ccc4c5ccc(-c6cccc(-c7cncc(C#N)c7)c6)cc5n(-c5ccccc5)c4c3)c2)c1. The smallest absolute Gasteiger partial charge is 0.205 e. The summed E-state index contributed by atoms with van der Waals surface area (Å²) in [7, 11) is 0. The van der Waals surface area contributed by atoms with E-state index in [2.05, 4.69) is 135 Å². The van der Waals surface area contributed by atoms with E-state index in [1.54, 1.807) is 24.8 Å². The van der Waals surface area contributed by atoms with Crippen LogP contribution in [0.15, 0.2) is 152 Å². The van der Waals surface area contributed by atoms with Crippen molar-refractivity contribution in [1.82, 2.24) is 14.5 Å². The number of fused-ring (bicyclic) bond motifs is 3. The van der Waals surface area contributed by atoms with Crippen LogP contribution < -0.4 is 0 Å². The van der Waals surface area contributed by atoms with E-state index in [9.17, 15) is 5.26 Å². The predicted octanol–water partition coefficient (Wildman–Crippen LogP) is 10.7. The fourth-order valence-corrected chi connectivity index (χ4v) is 6.30. The van der Waals surface area contributed by atoms with Gasteiger partial charge < -0.3 is 4.57 Å². The molecule has 0 amide bonds. The molecule has 0 N–H and O–H groups in total. The van der Waals surface area contributed by atoms with E-state index in [1.165, 1.54) is 10.8 Å². The highest BCUT2D eigenvalue weighted by molar-refractivity contribution is 6.11. The van der Waals surface area contributed by atoms with Crippen LogP contribution in [0.3, 0.4) is 0 Å². The number of para-hydroxylation sites is 1. The number of hydrogen-bond acceptors (Lipinski definition) is 3. The monoisotopic (exact) mass is 599 g/mol. The number of hydrogen-bond donors (Lipinski definition) is 0. The minimum Gasteiger partial charge on any atom is -0.309 e. The lowest BCUT2D eigenvalue weighted by Crippen LogP contribution is -1.94. The first-order chi connectivity index (χ1) is 23.2. The van der Waals surface area contributed by atoms with Crippen molar-refractivity contribution in [2.75, 3.05) is 0 Å². The van der Waals surface area contributed by atoms with Gasteiger partial charge in [-0.15, -0.1) is 0 Å². The molecule has 0 saturated heterocycles. The Morgan fingerprint density at radius 2 is 1.04 bits per heavy atom. The van der Waals surface area contributed by atoms with Crippen molar-refractivity contribution in [3.63, 3.8) is 0 Å². The van der Waals surface area contributed by atoms with Gasteiger partial charge in [-0.1, -0.05) is 78.9 Å². The Kier molecular flexibility index (Phi) is 6.84. The van der Waals surface area contributed by atoms with E-state index in [1.807, 2.05) is 18.2 Å². The molecule has 0 unspecified atom stereocenters. The summed E-state index contributed by atoms with van der Waals surface area (Å²) in [5.41, 5.74) is 12.7. The number of benzene rings is 5. The van der Waals surface area contributed by atoms with Crippen LogP contribution in [0.4, 0.5) is 5.69 Å². The van der Waals surface area contributed by atoms with Crippen molar-refractivity contribution in [3.05, 3.63) is 169 Å². The van der Waals surface area contributed by atoms with Crippen molar-refractivity contribution in [2.24, 2.45) is 0 Å². The lowest BCUT2D eigenvalue weighted by molar-refractivity contribution is 1.18. The highest BCUT2D eigenvalue weighted by Gasteiger charge is 2.15. The van der Waals surface area contributed by atoms with Gasteiger partial charge >= 0.3 is 0 Å². The van der Waals surface area contributed by atoms with Crippen LogP contribution in [0, 0.1) is 17.9 Å². The molecule has 0 radical (unpaired) electrons. The van der Waals surface area contributed by atoms with Gasteiger partial charge in [0.2, 0.25) is 5.69 Å². The number of rotatable bonds is 5. The summed E-state index contributed by atoms with van der Waals surface area (Å²) in [6, 6.07) is 46.5. The summed E-state index contributed by atoms with van der Waals surface area (Å²) in [5.74, 6) is 0. The molecule has 3 aromatic heterocycles. The van der Waals surface area contributed by atoms with Crippen LogP contribution >= 0.6 is 0 Å². The Morgan fingerprint density at radius 3 is 1.62 bits per heavy atom. The molecular weight excluding hydrogens is 574 g/mol. The van der Waals surface area contributed by atoms with Gasteiger partial charge in [0.25, 0.3) is 0 Å². The molecule has 0 spiro atoms. The minimum absolute atomic E-state index is 0.526. The van der Waals surface area contributed by atoms with Gasteiger partial charge in [-0.25, -0.2) is 4.85 Å². The standard InChI is InChI=1S/C42H25N5/c1-44-37-20-36(26-46-27-37)32-10-6-8-30(19-32)34-14-16-40-39-15-13-33(21-41(39)47(42(40)22-34)38-11-3-2-4-12-38)29-7-5-9-31(18-29)35-17-28(23-43)24-45-25-35/h2-22,24-27H. The van der Waals surface area contributed by atoms with E-state index in [0.717, 1.165) is 61.2 Å². The molecule has 218 valence electrons. The zero-order valence-electron chi connectivity index (χ0n) is 25.2. The molecule has 3 heterocycles. The number of nitriles is 1. The van der Waals surface area contributed by atoms with Crippen LogP contribution in [-0.2, 0) is 0 Å².